The molecule has 3 rings (SSSR count). The maximum atomic E-state index is 10.4. The summed E-state index contributed by atoms with van der Waals surface area (Å²) in [7, 11) is 0. The Hall–Kier alpha value is 0.647. The van der Waals surface area contributed by atoms with Crippen LogP contribution in [0.15, 0.2) is 0 Å². The maximum Gasteiger partial charge on any atom is 1.00 e. The molecule has 4 atom stereocenters. The van der Waals surface area contributed by atoms with Gasteiger partial charge in [-0.15, -0.1) is 0 Å². The van der Waals surface area contributed by atoms with Crippen molar-refractivity contribution in [1.29, 1.82) is 0 Å². The van der Waals surface area contributed by atoms with Gasteiger partial charge in [0.1, 0.15) is 0 Å². The topological polar surface area (TPSA) is 71.0 Å². The molecule has 2 saturated carbocycles. The Kier molecular flexibility index (Phi) is 13.9. The smallest absolute Gasteiger partial charge is 1.00 e. The minimum absolute atomic E-state index is 0. The van der Waals surface area contributed by atoms with Gasteiger partial charge in [-0.05, 0) is 25.7 Å². The molecular weight excluding hydrogens is 371 g/mol. The van der Waals surface area contributed by atoms with Gasteiger partial charge >= 0.3 is 18.9 Å². The first-order chi connectivity index (χ1) is 12.8. The molecule has 2 aliphatic carbocycles. The van der Waals surface area contributed by atoms with E-state index in [0.29, 0.717) is 12.1 Å². The Morgan fingerprint density at radius 1 is 0.571 bits per heavy atom. The molecule has 0 amide bonds. The van der Waals surface area contributed by atoms with E-state index in [9.17, 15) is 10.2 Å². The van der Waals surface area contributed by atoms with Crippen LogP contribution in [-0.2, 0) is 0 Å². The number of rotatable bonds is 2. The van der Waals surface area contributed by atoms with E-state index in [-0.39, 0.29) is 43.5 Å². The molecule has 160 valence electrons. The van der Waals surface area contributed by atoms with Crippen LogP contribution in [0.25, 0.3) is 0 Å². The second-order valence-corrected chi connectivity index (χ2v) is 8.41. The van der Waals surface area contributed by atoms with E-state index in [1.165, 1.54) is 25.7 Å². The van der Waals surface area contributed by atoms with Crippen LogP contribution in [0, 0.1) is 0 Å². The van der Waals surface area contributed by atoms with Gasteiger partial charge in [-0.2, -0.15) is 0 Å². The summed E-state index contributed by atoms with van der Waals surface area (Å²) in [5.41, 5.74) is 0. The van der Waals surface area contributed by atoms with Gasteiger partial charge in [0.2, 0.25) is 0 Å². The Labute approximate surface area is 189 Å². The van der Waals surface area contributed by atoms with E-state index in [2.05, 4.69) is 20.4 Å². The van der Waals surface area contributed by atoms with Crippen LogP contribution >= 0.6 is 0 Å². The summed E-state index contributed by atoms with van der Waals surface area (Å²) in [6.07, 6.45) is 8.72. The third-order valence-corrected chi connectivity index (χ3v) is 6.63. The molecule has 1 saturated heterocycles. The second-order valence-electron chi connectivity index (χ2n) is 8.41. The van der Waals surface area contributed by atoms with Crippen molar-refractivity contribution in [3.05, 3.63) is 0 Å². The van der Waals surface area contributed by atoms with Crippen LogP contribution < -0.4 is 41.9 Å². The molecule has 3 aliphatic rings. The molecule has 4 unspecified atom stereocenters. The zero-order valence-corrected chi connectivity index (χ0v) is 18.5. The third-order valence-electron chi connectivity index (χ3n) is 6.63. The molecule has 0 aromatic carbocycles. The normalized spacial score (nSPS) is 34.9. The van der Waals surface area contributed by atoms with Gasteiger partial charge in [0, 0.05) is 64.4 Å². The first-order valence-corrected chi connectivity index (χ1v) is 11.0. The second kappa shape index (κ2) is 14.6. The minimum Gasteiger partial charge on any atom is -1.00 e. The van der Waals surface area contributed by atoms with E-state index < -0.39 is 0 Å². The molecule has 0 bridgehead atoms. The van der Waals surface area contributed by atoms with Crippen molar-refractivity contribution >= 4 is 0 Å². The molecule has 0 spiro atoms. The van der Waals surface area contributed by atoms with Crippen molar-refractivity contribution in [3.63, 3.8) is 0 Å². The van der Waals surface area contributed by atoms with Gasteiger partial charge in [0.15, 0.2) is 0 Å². The molecule has 1 heterocycles. The van der Waals surface area contributed by atoms with Crippen LogP contribution in [0.4, 0.5) is 0 Å². The Morgan fingerprint density at radius 3 is 1.21 bits per heavy atom. The van der Waals surface area contributed by atoms with Crippen molar-refractivity contribution in [1.82, 2.24) is 20.4 Å². The number of aliphatic hydroxyl groups is 2. The van der Waals surface area contributed by atoms with E-state index >= 15 is 0 Å². The van der Waals surface area contributed by atoms with Crippen LogP contribution in [-0.4, -0.2) is 96.7 Å². The number of hydrogen-bond donors (Lipinski definition) is 4. The fourth-order valence-electron chi connectivity index (χ4n) is 5.06. The standard InChI is InChI=1S/C20H40N4O2.ClH.Li/c25-19-7-3-1-5-17(19)23-13-9-21-11-15-24(16-12-22-10-14-23)18-6-2-4-8-20(18)26;;/h17-22,25-26H,1-16H2;1H;/q;;+1/p-1. The van der Waals surface area contributed by atoms with Gasteiger partial charge in [-0.25, -0.2) is 0 Å². The zero-order chi connectivity index (χ0) is 18.2. The maximum absolute atomic E-state index is 10.4. The third kappa shape index (κ3) is 8.06. The Bertz CT molecular complexity index is 362. The molecular formula is C20H40ClLiN4O2. The summed E-state index contributed by atoms with van der Waals surface area (Å²) in [5, 5.41) is 28.0. The number of nitrogens with zero attached hydrogens (tertiary/aromatic N) is 2. The fraction of sp³-hybridized carbons (Fsp3) is 1.00. The van der Waals surface area contributed by atoms with Crippen molar-refractivity contribution in [2.45, 2.75) is 75.7 Å². The predicted molar refractivity (Wildman–Crippen MR) is 105 cm³/mol. The summed E-state index contributed by atoms with van der Waals surface area (Å²) in [6.45, 7) is 7.94. The molecule has 4 N–H and O–H groups in total. The number of hydrogen-bond acceptors (Lipinski definition) is 6. The van der Waals surface area contributed by atoms with Crippen LogP contribution in [0.1, 0.15) is 51.4 Å². The molecule has 1 aliphatic heterocycles. The van der Waals surface area contributed by atoms with Crippen LogP contribution in [0.3, 0.4) is 0 Å². The Morgan fingerprint density at radius 2 is 0.893 bits per heavy atom. The van der Waals surface area contributed by atoms with Gasteiger partial charge in [-0.3, -0.25) is 9.80 Å². The van der Waals surface area contributed by atoms with Crippen molar-refractivity contribution in [2.75, 3.05) is 52.4 Å². The van der Waals surface area contributed by atoms with Crippen LogP contribution in [0.2, 0.25) is 0 Å². The number of aliphatic hydroxyl groups excluding tert-OH is 2. The molecule has 0 aromatic heterocycles. The molecule has 28 heavy (non-hydrogen) atoms. The monoisotopic (exact) mass is 410 g/mol. The van der Waals surface area contributed by atoms with E-state index in [1.807, 2.05) is 0 Å². The molecule has 0 radical (unpaired) electrons. The average Bonchev–Trinajstić information content (AvgIpc) is 2.64. The zero-order valence-electron chi connectivity index (χ0n) is 17.8. The molecule has 0 aromatic rings. The predicted octanol–water partition coefficient (Wildman–Crippen LogP) is -5.60. The van der Waals surface area contributed by atoms with E-state index in [0.717, 1.165) is 78.0 Å². The van der Waals surface area contributed by atoms with Gasteiger partial charge in [0.25, 0.3) is 0 Å². The van der Waals surface area contributed by atoms with Crippen molar-refractivity contribution in [2.24, 2.45) is 0 Å². The van der Waals surface area contributed by atoms with Crippen molar-refractivity contribution in [3.8, 4) is 0 Å². The van der Waals surface area contributed by atoms with Gasteiger partial charge in [-0.1, -0.05) is 25.7 Å². The minimum atomic E-state index is -0.153. The summed E-state index contributed by atoms with van der Waals surface area (Å²) >= 11 is 0. The summed E-state index contributed by atoms with van der Waals surface area (Å²) < 4.78 is 0. The van der Waals surface area contributed by atoms with E-state index in [1.54, 1.807) is 0 Å². The molecule has 3 fully saturated rings. The van der Waals surface area contributed by atoms with Crippen molar-refractivity contribution < 1.29 is 41.5 Å². The molecule has 6 nitrogen and oxygen atoms in total. The van der Waals surface area contributed by atoms with E-state index in [4.69, 9.17) is 0 Å². The first-order valence-electron chi connectivity index (χ1n) is 11.0. The summed E-state index contributed by atoms with van der Waals surface area (Å²) in [4.78, 5) is 4.99. The SMILES string of the molecule is OC1CCCCC1N1CCNCCN(C2CCCCC2O)CCNCC1.[Cl-].[Li+]. The summed E-state index contributed by atoms with van der Waals surface area (Å²) in [5.74, 6) is 0. The first kappa shape index (κ1) is 26.7. The van der Waals surface area contributed by atoms with Gasteiger partial charge in [0.05, 0.1) is 12.2 Å². The van der Waals surface area contributed by atoms with Crippen LogP contribution in [0.5, 0.6) is 0 Å². The largest absolute Gasteiger partial charge is 1.00 e. The fourth-order valence-corrected chi connectivity index (χ4v) is 5.06. The number of halogens is 1. The Balaban J connectivity index is 0.00000196. The number of nitrogens with one attached hydrogen (secondary N) is 2. The average molecular weight is 411 g/mol. The summed E-state index contributed by atoms with van der Waals surface area (Å²) in [6, 6.07) is 0.674. The van der Waals surface area contributed by atoms with Gasteiger partial charge < -0.3 is 33.3 Å². The molecule has 8 heteroatoms. The quantitative estimate of drug-likeness (QED) is 0.340.